The number of ether oxygens (including phenoxy) is 1. The smallest absolute Gasteiger partial charge is 0.240 e. The molecular formula is C13H20N4O. The van der Waals surface area contributed by atoms with E-state index >= 15 is 0 Å². The van der Waals surface area contributed by atoms with Crippen molar-refractivity contribution in [1.29, 1.82) is 0 Å². The second-order valence-corrected chi connectivity index (χ2v) is 5.56. The Morgan fingerprint density at radius 3 is 2.78 bits per heavy atom. The second kappa shape index (κ2) is 4.57. The number of nitrogens with two attached hydrogens (primary N) is 1. The van der Waals surface area contributed by atoms with E-state index in [1.807, 2.05) is 26.1 Å². The molecule has 98 valence electrons. The largest absolute Gasteiger partial charge is 0.474 e. The lowest BCUT2D eigenvalue weighted by Crippen LogP contribution is -2.38. The van der Waals surface area contributed by atoms with Crippen LogP contribution in [0.25, 0.3) is 5.52 Å². The minimum absolute atomic E-state index is 0.378. The zero-order valence-electron chi connectivity index (χ0n) is 11.3. The molecule has 0 aliphatic carbocycles. The topological polar surface area (TPSA) is 65.4 Å². The van der Waals surface area contributed by atoms with E-state index in [0.717, 1.165) is 11.2 Å². The van der Waals surface area contributed by atoms with Crippen LogP contribution in [0.2, 0.25) is 0 Å². The van der Waals surface area contributed by atoms with Crippen molar-refractivity contribution in [2.45, 2.75) is 39.2 Å². The molecule has 0 atom stereocenters. The van der Waals surface area contributed by atoms with E-state index in [-0.39, 0.29) is 5.54 Å². The average Bonchev–Trinajstić information content (AvgIpc) is 2.69. The summed E-state index contributed by atoms with van der Waals surface area (Å²) < 4.78 is 7.47. The van der Waals surface area contributed by atoms with Crippen molar-refractivity contribution in [3.8, 4) is 5.88 Å². The van der Waals surface area contributed by atoms with Gasteiger partial charge in [0.25, 0.3) is 0 Å². The third kappa shape index (κ3) is 2.79. The Hall–Kier alpha value is -1.62. The fraction of sp³-hybridized carbons (Fsp3) is 0.538. The quantitative estimate of drug-likeness (QED) is 0.898. The summed E-state index contributed by atoms with van der Waals surface area (Å²) >= 11 is 0. The predicted molar refractivity (Wildman–Crippen MR) is 70.8 cm³/mol. The van der Waals surface area contributed by atoms with Gasteiger partial charge < -0.3 is 10.5 Å². The standard InChI is InChI=1S/C13H20N4O/c1-9(2)10-7-11-12(18-8-13(3,4)14)15-5-6-17(11)16-10/h5-7,9H,8,14H2,1-4H3. The maximum Gasteiger partial charge on any atom is 0.240 e. The van der Waals surface area contributed by atoms with Crippen LogP contribution in [0, 0.1) is 0 Å². The van der Waals surface area contributed by atoms with Crippen LogP contribution in [0.1, 0.15) is 39.3 Å². The summed E-state index contributed by atoms with van der Waals surface area (Å²) in [7, 11) is 0. The molecule has 2 aromatic heterocycles. The molecule has 0 fully saturated rings. The fourth-order valence-electron chi connectivity index (χ4n) is 1.56. The van der Waals surface area contributed by atoms with Crippen LogP contribution in [-0.2, 0) is 0 Å². The van der Waals surface area contributed by atoms with Crippen molar-refractivity contribution in [1.82, 2.24) is 14.6 Å². The number of fused-ring (bicyclic) bond motifs is 1. The molecule has 18 heavy (non-hydrogen) atoms. The lowest BCUT2D eigenvalue weighted by atomic mass is 10.1. The highest BCUT2D eigenvalue weighted by molar-refractivity contribution is 5.56. The van der Waals surface area contributed by atoms with Gasteiger partial charge in [0.05, 0.1) is 5.69 Å². The van der Waals surface area contributed by atoms with E-state index in [4.69, 9.17) is 10.5 Å². The van der Waals surface area contributed by atoms with Gasteiger partial charge in [0.2, 0.25) is 5.88 Å². The summed E-state index contributed by atoms with van der Waals surface area (Å²) in [5, 5.41) is 4.48. The first-order valence-corrected chi connectivity index (χ1v) is 6.13. The molecule has 0 spiro atoms. The Kier molecular flexibility index (Phi) is 3.26. The van der Waals surface area contributed by atoms with Gasteiger partial charge in [0, 0.05) is 17.9 Å². The van der Waals surface area contributed by atoms with E-state index in [1.165, 1.54) is 0 Å². The van der Waals surface area contributed by atoms with Crippen molar-refractivity contribution < 1.29 is 4.74 Å². The summed E-state index contributed by atoms with van der Waals surface area (Å²) in [6, 6.07) is 2.01. The molecule has 2 heterocycles. The maximum atomic E-state index is 5.91. The highest BCUT2D eigenvalue weighted by Gasteiger charge is 2.15. The minimum atomic E-state index is -0.380. The first-order chi connectivity index (χ1) is 8.37. The second-order valence-electron chi connectivity index (χ2n) is 5.56. The van der Waals surface area contributed by atoms with Gasteiger partial charge in [-0.25, -0.2) is 9.50 Å². The molecule has 0 amide bonds. The minimum Gasteiger partial charge on any atom is -0.474 e. The van der Waals surface area contributed by atoms with Crippen LogP contribution in [0.4, 0.5) is 0 Å². The molecule has 2 rings (SSSR count). The predicted octanol–water partition coefficient (Wildman–Crippen LogP) is 1.97. The molecule has 0 radical (unpaired) electrons. The van der Waals surface area contributed by atoms with Gasteiger partial charge in [0.15, 0.2) is 0 Å². The van der Waals surface area contributed by atoms with Gasteiger partial charge >= 0.3 is 0 Å². The Morgan fingerprint density at radius 1 is 1.44 bits per heavy atom. The Labute approximate surface area is 107 Å². The van der Waals surface area contributed by atoms with Gasteiger partial charge in [-0.1, -0.05) is 13.8 Å². The molecule has 2 aromatic rings. The molecule has 0 saturated heterocycles. The summed E-state index contributed by atoms with van der Waals surface area (Å²) in [5.74, 6) is 0.958. The third-order valence-corrected chi connectivity index (χ3v) is 2.55. The molecule has 0 saturated carbocycles. The average molecular weight is 248 g/mol. The van der Waals surface area contributed by atoms with Crippen molar-refractivity contribution in [3.05, 3.63) is 24.2 Å². The first kappa shape index (κ1) is 12.8. The summed E-state index contributed by atoms with van der Waals surface area (Å²) in [6.07, 6.45) is 3.50. The van der Waals surface area contributed by atoms with Gasteiger partial charge in [0.1, 0.15) is 12.1 Å². The summed E-state index contributed by atoms with van der Waals surface area (Å²) in [4.78, 5) is 4.24. The number of rotatable bonds is 4. The normalized spacial score (nSPS) is 12.3. The van der Waals surface area contributed by atoms with Gasteiger partial charge in [-0.3, -0.25) is 0 Å². The van der Waals surface area contributed by atoms with E-state index in [9.17, 15) is 0 Å². The summed E-state index contributed by atoms with van der Waals surface area (Å²) in [6.45, 7) is 8.48. The Balaban J connectivity index is 2.33. The number of hydrogen-bond donors (Lipinski definition) is 1. The molecule has 0 aliphatic heterocycles. The van der Waals surface area contributed by atoms with Crippen molar-refractivity contribution in [3.63, 3.8) is 0 Å². The van der Waals surface area contributed by atoms with E-state index < -0.39 is 0 Å². The molecule has 0 unspecified atom stereocenters. The zero-order valence-corrected chi connectivity index (χ0v) is 11.3. The molecular weight excluding hydrogens is 228 g/mol. The van der Waals surface area contributed by atoms with Crippen molar-refractivity contribution >= 4 is 5.52 Å². The van der Waals surface area contributed by atoms with E-state index in [0.29, 0.717) is 18.4 Å². The van der Waals surface area contributed by atoms with Crippen LogP contribution in [0.15, 0.2) is 18.5 Å². The van der Waals surface area contributed by atoms with E-state index in [2.05, 4.69) is 23.9 Å². The first-order valence-electron chi connectivity index (χ1n) is 6.13. The molecule has 0 aliphatic rings. The monoisotopic (exact) mass is 248 g/mol. The van der Waals surface area contributed by atoms with Crippen molar-refractivity contribution in [2.24, 2.45) is 5.73 Å². The SMILES string of the molecule is CC(C)c1cc2c(OCC(C)(C)N)nccn2n1. The van der Waals surface area contributed by atoms with Gasteiger partial charge in [-0.15, -0.1) is 0 Å². The highest BCUT2D eigenvalue weighted by Crippen LogP contribution is 2.21. The Bertz CT molecular complexity index is 539. The number of nitrogens with zero attached hydrogens (tertiary/aromatic N) is 3. The molecule has 5 heteroatoms. The molecule has 2 N–H and O–H groups in total. The molecule has 5 nitrogen and oxygen atoms in total. The number of aromatic nitrogens is 3. The third-order valence-electron chi connectivity index (χ3n) is 2.55. The maximum absolute atomic E-state index is 5.91. The van der Waals surface area contributed by atoms with Crippen molar-refractivity contribution in [2.75, 3.05) is 6.61 Å². The van der Waals surface area contributed by atoms with Gasteiger partial charge in [-0.2, -0.15) is 5.10 Å². The lowest BCUT2D eigenvalue weighted by Gasteiger charge is -2.18. The van der Waals surface area contributed by atoms with Crippen LogP contribution >= 0.6 is 0 Å². The summed E-state index contributed by atoms with van der Waals surface area (Å²) in [5.41, 5.74) is 7.43. The lowest BCUT2D eigenvalue weighted by molar-refractivity contribution is 0.237. The van der Waals surface area contributed by atoms with Crippen LogP contribution in [0.3, 0.4) is 0 Å². The number of hydrogen-bond acceptors (Lipinski definition) is 4. The Morgan fingerprint density at radius 2 is 2.17 bits per heavy atom. The molecule has 0 aromatic carbocycles. The molecule has 0 bridgehead atoms. The fourth-order valence-corrected chi connectivity index (χ4v) is 1.56. The van der Waals surface area contributed by atoms with Crippen LogP contribution in [0.5, 0.6) is 5.88 Å². The van der Waals surface area contributed by atoms with Crippen LogP contribution < -0.4 is 10.5 Å². The zero-order chi connectivity index (χ0) is 13.3. The van der Waals surface area contributed by atoms with Crippen LogP contribution in [-0.4, -0.2) is 26.7 Å². The van der Waals surface area contributed by atoms with Gasteiger partial charge in [-0.05, 0) is 25.8 Å². The van der Waals surface area contributed by atoms with E-state index in [1.54, 1.807) is 10.7 Å². The highest BCUT2D eigenvalue weighted by atomic mass is 16.5.